The van der Waals surface area contributed by atoms with Crippen LogP contribution >= 0.6 is 0 Å². The van der Waals surface area contributed by atoms with Crippen molar-refractivity contribution in [2.24, 2.45) is 5.92 Å². The molecule has 1 aliphatic rings. The van der Waals surface area contributed by atoms with E-state index in [-0.39, 0.29) is 17.6 Å². The third-order valence-corrected chi connectivity index (χ3v) is 2.99. The molecule has 0 atom stereocenters. The Morgan fingerprint density at radius 3 is 2.69 bits per heavy atom. The van der Waals surface area contributed by atoms with E-state index in [0.29, 0.717) is 5.56 Å². The van der Waals surface area contributed by atoms with E-state index in [1.807, 2.05) is 0 Å². The lowest BCUT2D eigenvalue weighted by atomic mass is 10.0. The highest BCUT2D eigenvalue weighted by atomic mass is 19.1. The molecule has 1 saturated heterocycles. The van der Waals surface area contributed by atoms with Crippen LogP contribution in [0.25, 0.3) is 0 Å². The van der Waals surface area contributed by atoms with Crippen molar-refractivity contribution in [1.82, 2.24) is 5.32 Å². The second kappa shape index (κ2) is 4.22. The van der Waals surface area contributed by atoms with Gasteiger partial charge in [-0.05, 0) is 30.7 Å². The van der Waals surface area contributed by atoms with Crippen molar-refractivity contribution < 1.29 is 9.18 Å². The van der Waals surface area contributed by atoms with E-state index in [4.69, 9.17) is 0 Å². The number of rotatable bonds is 2. The third-order valence-electron chi connectivity index (χ3n) is 2.99. The Morgan fingerprint density at radius 2 is 2.19 bits per heavy atom. The molecular weight excluding hydrogens is 207 g/mol. The zero-order valence-electron chi connectivity index (χ0n) is 9.46. The quantitative estimate of drug-likeness (QED) is 0.818. The van der Waals surface area contributed by atoms with Crippen molar-refractivity contribution in [3.05, 3.63) is 29.6 Å². The Labute approximate surface area is 94.3 Å². The molecule has 0 bridgehead atoms. The van der Waals surface area contributed by atoms with E-state index >= 15 is 0 Å². The van der Waals surface area contributed by atoms with Gasteiger partial charge in [-0.25, -0.2) is 4.39 Å². The van der Waals surface area contributed by atoms with Crippen molar-refractivity contribution in [2.45, 2.75) is 6.92 Å². The summed E-state index contributed by atoms with van der Waals surface area (Å²) < 4.78 is 13.1. The van der Waals surface area contributed by atoms with E-state index in [1.54, 1.807) is 31.0 Å². The fraction of sp³-hybridized carbons (Fsp3) is 0.417. The number of benzene rings is 1. The number of nitrogens with one attached hydrogen (secondary N) is 1. The molecule has 1 heterocycles. The number of aryl methyl sites for hydroxylation is 1. The molecule has 0 aromatic heterocycles. The van der Waals surface area contributed by atoms with Gasteiger partial charge in [-0.15, -0.1) is 0 Å². The number of anilines is 1. The van der Waals surface area contributed by atoms with Crippen LogP contribution in [0, 0.1) is 18.7 Å². The lowest BCUT2D eigenvalue weighted by Crippen LogP contribution is -2.51. The number of nitrogens with zero attached hydrogens (tertiary/aromatic N) is 1. The Bertz CT molecular complexity index is 415. The number of carbonyl (C=O) groups excluding carboxylic acids is 1. The summed E-state index contributed by atoms with van der Waals surface area (Å²) in [6.45, 7) is 3.18. The molecule has 1 N–H and O–H groups in total. The maximum atomic E-state index is 13.1. The molecular formula is C12H15FN2O. The van der Waals surface area contributed by atoms with Crippen LogP contribution in [0.5, 0.6) is 0 Å². The maximum absolute atomic E-state index is 13.1. The summed E-state index contributed by atoms with van der Waals surface area (Å²) in [4.78, 5) is 13.5. The van der Waals surface area contributed by atoms with E-state index < -0.39 is 0 Å². The number of halogens is 1. The van der Waals surface area contributed by atoms with Crippen LogP contribution in [0.2, 0.25) is 0 Å². The summed E-state index contributed by atoms with van der Waals surface area (Å²) in [7, 11) is 1.73. The Hall–Kier alpha value is -1.42. The van der Waals surface area contributed by atoms with Crippen LogP contribution in [0.3, 0.4) is 0 Å². The topological polar surface area (TPSA) is 32.3 Å². The van der Waals surface area contributed by atoms with E-state index in [2.05, 4.69) is 5.32 Å². The van der Waals surface area contributed by atoms with Crippen molar-refractivity contribution in [3.63, 3.8) is 0 Å². The minimum Gasteiger partial charge on any atom is -0.315 e. The monoisotopic (exact) mass is 222 g/mol. The number of amides is 1. The van der Waals surface area contributed by atoms with Crippen LogP contribution in [0.4, 0.5) is 10.1 Å². The van der Waals surface area contributed by atoms with Crippen molar-refractivity contribution in [3.8, 4) is 0 Å². The summed E-state index contributed by atoms with van der Waals surface area (Å²) in [5.74, 6) is -0.0879. The minimum absolute atomic E-state index is 0.0651. The second-order valence-electron chi connectivity index (χ2n) is 4.19. The maximum Gasteiger partial charge on any atom is 0.232 e. The van der Waals surface area contributed by atoms with Gasteiger partial charge in [0.2, 0.25) is 5.91 Å². The smallest absolute Gasteiger partial charge is 0.232 e. The van der Waals surface area contributed by atoms with E-state index in [1.165, 1.54) is 6.07 Å². The lowest BCUT2D eigenvalue weighted by molar-refractivity contribution is -0.123. The zero-order valence-corrected chi connectivity index (χ0v) is 9.46. The van der Waals surface area contributed by atoms with Crippen LogP contribution in [-0.4, -0.2) is 26.0 Å². The molecule has 1 amide bonds. The highest BCUT2D eigenvalue weighted by Crippen LogP contribution is 2.19. The normalized spacial score (nSPS) is 15.7. The molecule has 1 aromatic rings. The largest absolute Gasteiger partial charge is 0.315 e. The lowest BCUT2D eigenvalue weighted by Gasteiger charge is -2.30. The molecule has 1 aliphatic heterocycles. The van der Waals surface area contributed by atoms with Crippen molar-refractivity contribution >= 4 is 11.6 Å². The number of hydrogen-bond acceptors (Lipinski definition) is 2. The molecule has 0 unspecified atom stereocenters. The highest BCUT2D eigenvalue weighted by Gasteiger charge is 2.28. The second-order valence-corrected chi connectivity index (χ2v) is 4.19. The first-order valence-corrected chi connectivity index (χ1v) is 5.34. The molecule has 4 heteroatoms. The van der Waals surface area contributed by atoms with Crippen LogP contribution in [0.1, 0.15) is 5.56 Å². The summed E-state index contributed by atoms with van der Waals surface area (Å²) in [5, 5.41) is 3.06. The molecule has 2 rings (SSSR count). The van der Waals surface area contributed by atoms with Gasteiger partial charge in [0.1, 0.15) is 5.82 Å². The molecule has 3 nitrogen and oxygen atoms in total. The average Bonchev–Trinajstić information content (AvgIpc) is 2.18. The molecule has 16 heavy (non-hydrogen) atoms. The first-order chi connectivity index (χ1) is 7.59. The predicted molar refractivity (Wildman–Crippen MR) is 60.9 cm³/mol. The third kappa shape index (κ3) is 1.93. The van der Waals surface area contributed by atoms with Gasteiger partial charge in [-0.1, -0.05) is 0 Å². The molecule has 0 aliphatic carbocycles. The summed E-state index contributed by atoms with van der Waals surface area (Å²) >= 11 is 0. The molecule has 0 spiro atoms. The zero-order chi connectivity index (χ0) is 11.7. The first-order valence-electron chi connectivity index (χ1n) is 5.34. The Morgan fingerprint density at radius 1 is 1.50 bits per heavy atom. The number of carbonyl (C=O) groups is 1. The molecule has 0 radical (unpaired) electrons. The van der Waals surface area contributed by atoms with Crippen LogP contribution < -0.4 is 10.2 Å². The van der Waals surface area contributed by atoms with Crippen LogP contribution in [0.15, 0.2) is 18.2 Å². The molecule has 0 saturated carbocycles. The average molecular weight is 222 g/mol. The van der Waals surface area contributed by atoms with Gasteiger partial charge in [0.15, 0.2) is 0 Å². The van der Waals surface area contributed by atoms with Gasteiger partial charge in [0.25, 0.3) is 0 Å². The summed E-state index contributed by atoms with van der Waals surface area (Å²) in [6, 6.07) is 4.72. The van der Waals surface area contributed by atoms with Gasteiger partial charge >= 0.3 is 0 Å². The van der Waals surface area contributed by atoms with Gasteiger partial charge in [0.05, 0.1) is 5.92 Å². The van der Waals surface area contributed by atoms with E-state index in [0.717, 1.165) is 18.8 Å². The minimum atomic E-state index is -0.241. The van der Waals surface area contributed by atoms with E-state index in [9.17, 15) is 9.18 Å². The standard InChI is InChI=1S/C12H15FN2O/c1-8-5-10(3-4-11(8)13)15(2)12(16)9-6-14-7-9/h3-5,9,14H,6-7H2,1-2H3. The Balaban J connectivity index is 2.16. The summed E-state index contributed by atoms with van der Waals surface area (Å²) in [6.07, 6.45) is 0. The van der Waals surface area contributed by atoms with Gasteiger partial charge in [-0.3, -0.25) is 4.79 Å². The SMILES string of the molecule is Cc1cc(N(C)C(=O)C2CNC2)ccc1F. The van der Waals surface area contributed by atoms with Crippen molar-refractivity contribution in [1.29, 1.82) is 0 Å². The predicted octanol–water partition coefficient (Wildman–Crippen LogP) is 1.32. The van der Waals surface area contributed by atoms with Crippen molar-refractivity contribution in [2.75, 3.05) is 25.0 Å². The van der Waals surface area contributed by atoms with Gasteiger partial charge in [0, 0.05) is 25.8 Å². The molecule has 1 aromatic carbocycles. The van der Waals surface area contributed by atoms with Gasteiger partial charge < -0.3 is 10.2 Å². The number of hydrogen-bond donors (Lipinski definition) is 1. The van der Waals surface area contributed by atoms with Gasteiger partial charge in [-0.2, -0.15) is 0 Å². The fourth-order valence-corrected chi connectivity index (χ4v) is 1.70. The fourth-order valence-electron chi connectivity index (χ4n) is 1.70. The summed E-state index contributed by atoms with van der Waals surface area (Å²) in [5.41, 5.74) is 1.31. The van der Waals surface area contributed by atoms with Crippen LogP contribution in [-0.2, 0) is 4.79 Å². The molecule has 1 fully saturated rings. The Kier molecular flexibility index (Phi) is 2.92. The molecule has 86 valence electrons. The highest BCUT2D eigenvalue weighted by molar-refractivity contribution is 5.95. The first kappa shape index (κ1) is 11.1.